The lowest BCUT2D eigenvalue weighted by atomic mass is 9.96. The van der Waals surface area contributed by atoms with Gasteiger partial charge in [0, 0.05) is 18.7 Å². The van der Waals surface area contributed by atoms with Crippen LogP contribution in [0, 0.1) is 0 Å². The molecule has 0 atom stereocenters. The van der Waals surface area contributed by atoms with Crippen molar-refractivity contribution in [2.24, 2.45) is 0 Å². The summed E-state index contributed by atoms with van der Waals surface area (Å²) in [6, 6.07) is 24.7. The van der Waals surface area contributed by atoms with E-state index < -0.39 is 46.1 Å². The monoisotopic (exact) mass is 569 g/mol. The highest BCUT2D eigenvalue weighted by atomic mass is 16.5. The molecule has 1 amide bonds. The van der Waals surface area contributed by atoms with Crippen molar-refractivity contribution in [3.63, 3.8) is 0 Å². The van der Waals surface area contributed by atoms with E-state index in [1.165, 1.54) is 4.90 Å². The normalized spacial score (nSPS) is 10.5. The number of ether oxygens (including phenoxy) is 2. The Balaban J connectivity index is 1.74. The molecule has 4 aromatic rings. The van der Waals surface area contributed by atoms with E-state index in [1.807, 2.05) is 37.3 Å². The number of para-hydroxylation sites is 2. The number of nitrogens with zero attached hydrogens (tertiary/aromatic N) is 1. The lowest BCUT2D eigenvalue weighted by molar-refractivity contribution is 0.0643. The van der Waals surface area contributed by atoms with Crippen LogP contribution >= 0.6 is 0 Å². The second-order valence-corrected chi connectivity index (χ2v) is 9.12. The molecule has 0 aliphatic carbocycles. The molecule has 0 aliphatic heterocycles. The fourth-order valence-corrected chi connectivity index (χ4v) is 4.32. The van der Waals surface area contributed by atoms with Gasteiger partial charge in [-0.15, -0.1) is 0 Å². The molecule has 0 spiro atoms. The van der Waals surface area contributed by atoms with Crippen molar-refractivity contribution in [1.29, 1.82) is 0 Å². The number of carboxylic acids is 3. The van der Waals surface area contributed by atoms with Crippen LogP contribution in [0.15, 0.2) is 91.0 Å². The molecule has 0 saturated heterocycles. The van der Waals surface area contributed by atoms with Crippen molar-refractivity contribution in [2.75, 3.05) is 6.61 Å². The minimum Gasteiger partial charge on any atom is -0.494 e. The first-order valence-electron chi connectivity index (χ1n) is 12.9. The molecule has 10 nitrogen and oxygen atoms in total. The molecule has 214 valence electrons. The van der Waals surface area contributed by atoms with Crippen LogP contribution in [0.1, 0.15) is 59.5 Å². The molecule has 0 unspecified atom stereocenters. The molecular weight excluding hydrogens is 542 g/mol. The molecule has 42 heavy (non-hydrogen) atoms. The molecule has 4 rings (SSSR count). The SMILES string of the molecule is CCOc1ccccc1CN(Cc1ccc(Oc2ccccc2)cc1)C(=O)c1cc(C(=O)O)c(C(=O)O)cc1C(=O)O. The number of carboxylic acid groups (broad SMARTS) is 3. The van der Waals surface area contributed by atoms with Crippen molar-refractivity contribution < 1.29 is 44.0 Å². The number of amides is 1. The second-order valence-electron chi connectivity index (χ2n) is 9.12. The highest BCUT2D eigenvalue weighted by molar-refractivity contribution is 6.10. The minimum absolute atomic E-state index is 0.00700. The van der Waals surface area contributed by atoms with Gasteiger partial charge in [-0.25, -0.2) is 14.4 Å². The van der Waals surface area contributed by atoms with Gasteiger partial charge in [-0.05, 0) is 55.0 Å². The molecule has 0 aliphatic rings. The largest absolute Gasteiger partial charge is 0.494 e. The predicted octanol–water partition coefficient (Wildman–Crippen LogP) is 5.81. The van der Waals surface area contributed by atoms with Gasteiger partial charge in [0.2, 0.25) is 0 Å². The van der Waals surface area contributed by atoms with Crippen LogP contribution in [0.5, 0.6) is 17.2 Å². The summed E-state index contributed by atoms with van der Waals surface area (Å²) in [6.07, 6.45) is 0. The van der Waals surface area contributed by atoms with Gasteiger partial charge in [0.25, 0.3) is 5.91 Å². The average molecular weight is 570 g/mol. The molecule has 0 bridgehead atoms. The first-order chi connectivity index (χ1) is 20.2. The van der Waals surface area contributed by atoms with Gasteiger partial charge in [-0.3, -0.25) is 4.79 Å². The molecule has 3 N–H and O–H groups in total. The lowest BCUT2D eigenvalue weighted by Crippen LogP contribution is -2.32. The van der Waals surface area contributed by atoms with Crippen LogP contribution < -0.4 is 9.47 Å². The molecule has 10 heteroatoms. The predicted molar refractivity (Wildman–Crippen MR) is 151 cm³/mol. The quantitative estimate of drug-likeness (QED) is 0.192. The van der Waals surface area contributed by atoms with Crippen molar-refractivity contribution >= 4 is 23.8 Å². The number of carbonyl (C=O) groups is 4. The van der Waals surface area contributed by atoms with Crippen molar-refractivity contribution in [3.05, 3.63) is 124 Å². The second kappa shape index (κ2) is 13.1. The number of aromatic carboxylic acids is 3. The smallest absolute Gasteiger partial charge is 0.336 e. The maximum absolute atomic E-state index is 14.0. The van der Waals surface area contributed by atoms with E-state index in [0.29, 0.717) is 41.0 Å². The Kier molecular flexibility index (Phi) is 9.18. The number of carbonyl (C=O) groups excluding carboxylic acids is 1. The summed E-state index contributed by atoms with van der Waals surface area (Å²) in [6.45, 7) is 2.18. The first-order valence-corrected chi connectivity index (χ1v) is 12.9. The van der Waals surface area contributed by atoms with E-state index in [0.717, 1.165) is 6.07 Å². The number of hydrogen-bond acceptors (Lipinski definition) is 6. The highest BCUT2D eigenvalue weighted by Gasteiger charge is 2.28. The topological polar surface area (TPSA) is 151 Å². The number of hydrogen-bond donors (Lipinski definition) is 3. The van der Waals surface area contributed by atoms with E-state index in [2.05, 4.69) is 0 Å². The summed E-state index contributed by atoms with van der Waals surface area (Å²) in [7, 11) is 0. The maximum Gasteiger partial charge on any atom is 0.336 e. The van der Waals surface area contributed by atoms with Gasteiger partial charge in [0.15, 0.2) is 0 Å². The first kappa shape index (κ1) is 29.3. The van der Waals surface area contributed by atoms with Gasteiger partial charge in [0.05, 0.1) is 28.9 Å². The van der Waals surface area contributed by atoms with E-state index in [1.54, 1.807) is 48.5 Å². The van der Waals surface area contributed by atoms with E-state index >= 15 is 0 Å². The Labute approximate surface area is 241 Å². The van der Waals surface area contributed by atoms with Gasteiger partial charge < -0.3 is 29.7 Å². The highest BCUT2D eigenvalue weighted by Crippen LogP contribution is 2.27. The Bertz CT molecular complexity index is 1620. The van der Waals surface area contributed by atoms with Gasteiger partial charge in [-0.1, -0.05) is 48.5 Å². The third-order valence-corrected chi connectivity index (χ3v) is 6.28. The molecule has 0 aromatic heterocycles. The van der Waals surface area contributed by atoms with Crippen molar-refractivity contribution in [3.8, 4) is 17.2 Å². The summed E-state index contributed by atoms with van der Waals surface area (Å²) in [5.41, 5.74) is -1.21. The van der Waals surface area contributed by atoms with E-state index in [9.17, 15) is 34.5 Å². The fourth-order valence-electron chi connectivity index (χ4n) is 4.32. The number of rotatable bonds is 12. The zero-order valence-electron chi connectivity index (χ0n) is 22.5. The van der Waals surface area contributed by atoms with Crippen LogP contribution in [0.2, 0.25) is 0 Å². The third kappa shape index (κ3) is 6.92. The van der Waals surface area contributed by atoms with Crippen LogP contribution in [-0.2, 0) is 13.1 Å². The minimum atomic E-state index is -1.63. The van der Waals surface area contributed by atoms with Crippen LogP contribution in [-0.4, -0.2) is 50.6 Å². The Morgan fingerprint density at radius 1 is 0.643 bits per heavy atom. The zero-order chi connectivity index (χ0) is 30.2. The third-order valence-electron chi connectivity index (χ3n) is 6.28. The average Bonchev–Trinajstić information content (AvgIpc) is 2.98. The van der Waals surface area contributed by atoms with Gasteiger partial charge in [0.1, 0.15) is 17.2 Å². The number of benzene rings is 4. The van der Waals surface area contributed by atoms with E-state index in [4.69, 9.17) is 9.47 Å². The standard InChI is InChI=1S/C32H27NO9/c1-2-41-28-11-7-6-8-21(28)19-33(18-20-12-14-23(15-13-20)42-22-9-4-3-5-10-22)29(34)24-16-26(31(37)38)27(32(39)40)17-25(24)30(35)36/h3-17H,2,18-19H2,1H3,(H,35,36)(H,37,38)(H,39,40). The summed E-state index contributed by atoms with van der Waals surface area (Å²) >= 11 is 0. The Morgan fingerprint density at radius 2 is 1.17 bits per heavy atom. The molecular formula is C32H27NO9. The zero-order valence-corrected chi connectivity index (χ0v) is 22.5. The van der Waals surface area contributed by atoms with E-state index in [-0.39, 0.29) is 13.1 Å². The van der Waals surface area contributed by atoms with Crippen molar-refractivity contribution in [2.45, 2.75) is 20.0 Å². The fraction of sp³-hybridized carbons (Fsp3) is 0.125. The van der Waals surface area contributed by atoms with Crippen LogP contribution in [0.25, 0.3) is 0 Å². The summed E-state index contributed by atoms with van der Waals surface area (Å²) in [5.74, 6) is -3.88. The Hall–Kier alpha value is -5.64. The Morgan fingerprint density at radius 3 is 1.76 bits per heavy atom. The molecule has 0 radical (unpaired) electrons. The molecule has 0 heterocycles. The lowest BCUT2D eigenvalue weighted by Gasteiger charge is -2.25. The van der Waals surface area contributed by atoms with Crippen LogP contribution in [0.4, 0.5) is 0 Å². The van der Waals surface area contributed by atoms with Crippen LogP contribution in [0.3, 0.4) is 0 Å². The van der Waals surface area contributed by atoms with Gasteiger partial charge >= 0.3 is 17.9 Å². The maximum atomic E-state index is 14.0. The van der Waals surface area contributed by atoms with Gasteiger partial charge in [-0.2, -0.15) is 0 Å². The summed E-state index contributed by atoms with van der Waals surface area (Å²) < 4.78 is 11.5. The molecule has 0 fully saturated rings. The molecule has 4 aromatic carbocycles. The van der Waals surface area contributed by atoms with Crippen molar-refractivity contribution in [1.82, 2.24) is 4.90 Å². The summed E-state index contributed by atoms with van der Waals surface area (Å²) in [5, 5.41) is 28.9. The molecule has 0 saturated carbocycles. The summed E-state index contributed by atoms with van der Waals surface area (Å²) in [4.78, 5) is 50.9.